The van der Waals surface area contributed by atoms with E-state index >= 15 is 0 Å². The number of aliphatic hydroxyl groups excluding tert-OH is 1. The Morgan fingerprint density at radius 1 is 1.22 bits per heavy atom. The van der Waals surface area contributed by atoms with Crippen LogP contribution in [0.5, 0.6) is 0 Å². The van der Waals surface area contributed by atoms with Crippen LogP contribution in [0.3, 0.4) is 0 Å². The normalized spacial score (nSPS) is 23.3. The van der Waals surface area contributed by atoms with Gasteiger partial charge >= 0.3 is 0 Å². The number of unbranched alkanes of at least 4 members (excludes halogenated alkanes) is 1. The Morgan fingerprint density at radius 3 is 2.44 bits per heavy atom. The van der Waals surface area contributed by atoms with Crippen molar-refractivity contribution < 1.29 is 5.11 Å². The molecule has 3 heteroatoms. The highest BCUT2D eigenvalue weighted by molar-refractivity contribution is 4.94. The van der Waals surface area contributed by atoms with Crippen LogP contribution in [-0.4, -0.2) is 47.3 Å². The summed E-state index contributed by atoms with van der Waals surface area (Å²) in [6.45, 7) is 7.08. The standard InChI is InChI=1S/C15H30N2O/c1-3-4-10-17(14-7-8-14)11-9-15(2,12-18)16-13-5-6-13/h13-14,16,18H,3-12H2,1-2H3. The summed E-state index contributed by atoms with van der Waals surface area (Å²) in [4.78, 5) is 2.64. The first kappa shape index (κ1) is 14.3. The highest BCUT2D eigenvalue weighted by Crippen LogP contribution is 2.29. The van der Waals surface area contributed by atoms with Gasteiger partial charge in [0.2, 0.25) is 0 Å². The van der Waals surface area contributed by atoms with Crippen LogP contribution in [0, 0.1) is 0 Å². The molecule has 2 aliphatic carbocycles. The van der Waals surface area contributed by atoms with Crippen molar-refractivity contribution in [3.05, 3.63) is 0 Å². The molecule has 2 rings (SSSR count). The van der Waals surface area contributed by atoms with E-state index in [4.69, 9.17) is 0 Å². The molecule has 2 aliphatic rings. The fourth-order valence-electron chi connectivity index (χ4n) is 2.59. The summed E-state index contributed by atoms with van der Waals surface area (Å²) < 4.78 is 0. The van der Waals surface area contributed by atoms with E-state index in [1.54, 1.807) is 0 Å². The molecule has 1 atom stereocenters. The lowest BCUT2D eigenvalue weighted by atomic mass is 9.98. The van der Waals surface area contributed by atoms with Crippen LogP contribution in [0.4, 0.5) is 0 Å². The SMILES string of the molecule is CCCCN(CCC(C)(CO)NC1CC1)C1CC1. The first-order valence-corrected chi connectivity index (χ1v) is 7.79. The van der Waals surface area contributed by atoms with E-state index in [0.717, 1.165) is 19.0 Å². The van der Waals surface area contributed by atoms with Gasteiger partial charge in [-0.3, -0.25) is 0 Å². The minimum atomic E-state index is -0.0689. The predicted molar refractivity (Wildman–Crippen MR) is 75.8 cm³/mol. The van der Waals surface area contributed by atoms with Gasteiger partial charge in [0.05, 0.1) is 6.61 Å². The maximum Gasteiger partial charge on any atom is 0.0611 e. The Hall–Kier alpha value is -0.120. The summed E-state index contributed by atoms with van der Waals surface area (Å²) in [6.07, 6.45) is 9.00. The van der Waals surface area contributed by atoms with E-state index in [9.17, 15) is 5.11 Å². The third-order valence-electron chi connectivity index (χ3n) is 4.29. The maximum atomic E-state index is 9.62. The minimum Gasteiger partial charge on any atom is -0.394 e. The van der Waals surface area contributed by atoms with Gasteiger partial charge in [0.15, 0.2) is 0 Å². The van der Waals surface area contributed by atoms with Crippen molar-refractivity contribution >= 4 is 0 Å². The van der Waals surface area contributed by atoms with Crippen molar-refractivity contribution in [3.8, 4) is 0 Å². The molecule has 0 aromatic rings. The quantitative estimate of drug-likeness (QED) is 0.627. The summed E-state index contributed by atoms with van der Waals surface area (Å²) in [5.41, 5.74) is -0.0689. The van der Waals surface area contributed by atoms with Gasteiger partial charge in [-0.2, -0.15) is 0 Å². The van der Waals surface area contributed by atoms with Crippen molar-refractivity contribution in [2.24, 2.45) is 0 Å². The van der Waals surface area contributed by atoms with E-state index in [1.165, 1.54) is 45.1 Å². The number of aliphatic hydroxyl groups is 1. The molecule has 0 aliphatic heterocycles. The summed E-state index contributed by atoms with van der Waals surface area (Å²) in [7, 11) is 0. The van der Waals surface area contributed by atoms with E-state index < -0.39 is 0 Å². The molecule has 0 spiro atoms. The van der Waals surface area contributed by atoms with Gasteiger partial charge in [-0.15, -0.1) is 0 Å². The van der Waals surface area contributed by atoms with Gasteiger partial charge in [-0.1, -0.05) is 13.3 Å². The monoisotopic (exact) mass is 254 g/mol. The van der Waals surface area contributed by atoms with Gasteiger partial charge in [0.1, 0.15) is 0 Å². The summed E-state index contributed by atoms with van der Waals surface area (Å²) in [6, 6.07) is 1.52. The molecule has 0 saturated heterocycles. The Bertz CT molecular complexity index is 251. The van der Waals surface area contributed by atoms with E-state index in [1.807, 2.05) is 0 Å². The van der Waals surface area contributed by atoms with Crippen LogP contribution in [-0.2, 0) is 0 Å². The molecule has 2 fully saturated rings. The lowest BCUT2D eigenvalue weighted by Gasteiger charge is -2.32. The minimum absolute atomic E-state index is 0.0689. The van der Waals surface area contributed by atoms with Gasteiger partial charge in [0, 0.05) is 24.2 Å². The molecule has 0 amide bonds. The lowest BCUT2D eigenvalue weighted by molar-refractivity contribution is 0.140. The van der Waals surface area contributed by atoms with E-state index in [2.05, 4.69) is 24.1 Å². The van der Waals surface area contributed by atoms with E-state index in [0.29, 0.717) is 6.04 Å². The van der Waals surface area contributed by atoms with Crippen molar-refractivity contribution in [1.29, 1.82) is 0 Å². The first-order valence-electron chi connectivity index (χ1n) is 7.79. The number of rotatable bonds is 10. The zero-order valence-electron chi connectivity index (χ0n) is 12.1. The summed E-state index contributed by atoms with van der Waals surface area (Å²) >= 11 is 0. The number of hydrogen-bond acceptors (Lipinski definition) is 3. The number of hydrogen-bond donors (Lipinski definition) is 2. The van der Waals surface area contributed by atoms with Crippen molar-refractivity contribution in [3.63, 3.8) is 0 Å². The average Bonchev–Trinajstić information content (AvgIpc) is 3.22. The Kier molecular flexibility index (Phi) is 5.05. The number of nitrogens with zero attached hydrogens (tertiary/aromatic N) is 1. The molecule has 2 N–H and O–H groups in total. The molecule has 0 aromatic carbocycles. The zero-order valence-corrected chi connectivity index (χ0v) is 12.1. The molecule has 0 heterocycles. The zero-order chi connectivity index (χ0) is 13.0. The molecule has 0 radical (unpaired) electrons. The van der Waals surface area contributed by atoms with Crippen molar-refractivity contribution in [2.45, 2.75) is 76.4 Å². The topological polar surface area (TPSA) is 35.5 Å². The smallest absolute Gasteiger partial charge is 0.0611 e. The average molecular weight is 254 g/mol. The van der Waals surface area contributed by atoms with Gasteiger partial charge in [-0.25, -0.2) is 0 Å². The Balaban J connectivity index is 1.74. The molecule has 3 nitrogen and oxygen atoms in total. The second-order valence-electron chi connectivity index (χ2n) is 6.51. The van der Waals surface area contributed by atoms with Crippen LogP contribution < -0.4 is 5.32 Å². The molecular formula is C15H30N2O. The fraction of sp³-hybridized carbons (Fsp3) is 1.00. The first-order chi connectivity index (χ1) is 8.67. The highest BCUT2D eigenvalue weighted by Gasteiger charge is 2.34. The second-order valence-corrected chi connectivity index (χ2v) is 6.51. The van der Waals surface area contributed by atoms with Crippen LogP contribution in [0.15, 0.2) is 0 Å². The Labute approximate surface area is 112 Å². The molecule has 0 aromatic heterocycles. The molecule has 18 heavy (non-hydrogen) atoms. The molecule has 2 saturated carbocycles. The lowest BCUT2D eigenvalue weighted by Crippen LogP contribution is -2.49. The predicted octanol–water partition coefficient (Wildman–Crippen LogP) is 2.14. The van der Waals surface area contributed by atoms with Gasteiger partial charge in [-0.05, 0) is 52.0 Å². The van der Waals surface area contributed by atoms with Crippen LogP contribution in [0.25, 0.3) is 0 Å². The van der Waals surface area contributed by atoms with Crippen LogP contribution >= 0.6 is 0 Å². The van der Waals surface area contributed by atoms with Crippen LogP contribution in [0.1, 0.15) is 58.8 Å². The molecule has 0 bridgehead atoms. The molecule has 1 unspecified atom stereocenters. The Morgan fingerprint density at radius 2 is 1.94 bits per heavy atom. The maximum absolute atomic E-state index is 9.62. The van der Waals surface area contributed by atoms with E-state index in [-0.39, 0.29) is 12.1 Å². The van der Waals surface area contributed by atoms with Crippen LogP contribution in [0.2, 0.25) is 0 Å². The third-order valence-corrected chi connectivity index (χ3v) is 4.29. The van der Waals surface area contributed by atoms with Gasteiger partial charge in [0.25, 0.3) is 0 Å². The molecular weight excluding hydrogens is 224 g/mol. The summed E-state index contributed by atoms with van der Waals surface area (Å²) in [5.74, 6) is 0. The van der Waals surface area contributed by atoms with Gasteiger partial charge < -0.3 is 15.3 Å². The highest BCUT2D eigenvalue weighted by atomic mass is 16.3. The molecule has 106 valence electrons. The largest absolute Gasteiger partial charge is 0.394 e. The van der Waals surface area contributed by atoms with Crippen molar-refractivity contribution in [1.82, 2.24) is 10.2 Å². The third kappa shape index (κ3) is 4.52. The second kappa shape index (κ2) is 6.36. The number of nitrogens with one attached hydrogen (secondary N) is 1. The fourth-order valence-corrected chi connectivity index (χ4v) is 2.59. The van der Waals surface area contributed by atoms with Crippen molar-refractivity contribution in [2.75, 3.05) is 19.7 Å². The summed E-state index contributed by atoms with van der Waals surface area (Å²) in [5, 5.41) is 13.2.